The van der Waals surface area contributed by atoms with Gasteiger partial charge in [-0.2, -0.15) is 0 Å². The predicted molar refractivity (Wildman–Crippen MR) is 61.1 cm³/mol. The van der Waals surface area contributed by atoms with Crippen molar-refractivity contribution in [3.05, 3.63) is 0 Å². The Morgan fingerprint density at radius 2 is 2.00 bits per heavy atom. The lowest BCUT2D eigenvalue weighted by atomic mass is 9.98. The van der Waals surface area contributed by atoms with E-state index in [2.05, 4.69) is 13.8 Å². The van der Waals surface area contributed by atoms with Crippen LogP contribution in [0.4, 0.5) is 0 Å². The molecule has 1 saturated heterocycles. The first-order valence-electron chi connectivity index (χ1n) is 6.12. The van der Waals surface area contributed by atoms with Crippen molar-refractivity contribution in [2.24, 2.45) is 5.92 Å². The highest BCUT2D eigenvalue weighted by Crippen LogP contribution is 2.21. The van der Waals surface area contributed by atoms with Gasteiger partial charge in [0.25, 0.3) is 0 Å². The summed E-state index contributed by atoms with van der Waals surface area (Å²) in [4.78, 5) is 24.4. The van der Waals surface area contributed by atoms with E-state index in [0.29, 0.717) is 25.3 Å². The zero-order valence-corrected chi connectivity index (χ0v) is 10.1. The number of carboxylic acid groups (broad SMARTS) is 1. The van der Waals surface area contributed by atoms with Crippen LogP contribution in [-0.4, -0.2) is 34.5 Å². The Balaban J connectivity index is 2.56. The van der Waals surface area contributed by atoms with Gasteiger partial charge < -0.3 is 10.0 Å². The zero-order valence-electron chi connectivity index (χ0n) is 10.1. The summed E-state index contributed by atoms with van der Waals surface area (Å²) in [5.74, 6) is -0.462. The van der Waals surface area contributed by atoms with E-state index in [1.807, 2.05) is 0 Å². The molecular formula is C12H21NO3. The maximum absolute atomic E-state index is 12.0. The summed E-state index contributed by atoms with van der Waals surface area (Å²) in [5, 5.41) is 8.99. The van der Waals surface area contributed by atoms with Crippen LogP contribution in [-0.2, 0) is 9.59 Å². The molecule has 1 amide bonds. The summed E-state index contributed by atoms with van der Waals surface area (Å²) in [6.45, 7) is 4.75. The lowest BCUT2D eigenvalue weighted by molar-refractivity contribution is -0.148. The topological polar surface area (TPSA) is 57.6 Å². The molecule has 1 aliphatic heterocycles. The van der Waals surface area contributed by atoms with Gasteiger partial charge in [-0.3, -0.25) is 4.79 Å². The second-order valence-corrected chi connectivity index (χ2v) is 4.47. The molecule has 1 aliphatic rings. The average Bonchev–Trinajstić information content (AvgIpc) is 2.74. The number of carboxylic acids is 1. The van der Waals surface area contributed by atoms with E-state index < -0.39 is 12.0 Å². The summed E-state index contributed by atoms with van der Waals surface area (Å²) < 4.78 is 0. The molecule has 0 saturated carbocycles. The molecule has 1 heterocycles. The molecule has 4 nitrogen and oxygen atoms in total. The van der Waals surface area contributed by atoms with E-state index in [1.165, 1.54) is 0 Å². The highest BCUT2D eigenvalue weighted by Gasteiger charge is 2.34. The second kappa shape index (κ2) is 5.87. The number of likely N-dealkylation sites (tertiary alicyclic amines) is 1. The van der Waals surface area contributed by atoms with Crippen molar-refractivity contribution in [1.82, 2.24) is 4.90 Å². The quantitative estimate of drug-likeness (QED) is 0.780. The molecule has 16 heavy (non-hydrogen) atoms. The molecule has 0 aliphatic carbocycles. The number of nitrogens with zero attached hydrogens (tertiary/aromatic N) is 1. The lowest BCUT2D eigenvalue weighted by Gasteiger charge is -2.23. The van der Waals surface area contributed by atoms with Crippen LogP contribution >= 0.6 is 0 Å². The molecule has 1 fully saturated rings. The maximum Gasteiger partial charge on any atom is 0.326 e. The van der Waals surface area contributed by atoms with Crippen LogP contribution in [0.2, 0.25) is 0 Å². The van der Waals surface area contributed by atoms with Gasteiger partial charge in [0, 0.05) is 13.0 Å². The van der Waals surface area contributed by atoms with Gasteiger partial charge in [-0.05, 0) is 18.8 Å². The molecule has 0 aromatic heterocycles. The number of carbonyl (C=O) groups excluding carboxylic acids is 1. The Labute approximate surface area is 96.6 Å². The molecule has 0 aromatic rings. The smallest absolute Gasteiger partial charge is 0.326 e. The monoisotopic (exact) mass is 227 g/mol. The van der Waals surface area contributed by atoms with E-state index in [9.17, 15) is 9.59 Å². The molecule has 4 heteroatoms. The molecule has 1 atom stereocenters. The first-order valence-corrected chi connectivity index (χ1v) is 6.12. The van der Waals surface area contributed by atoms with Gasteiger partial charge in [-0.15, -0.1) is 0 Å². The van der Waals surface area contributed by atoms with Gasteiger partial charge in [-0.1, -0.05) is 26.7 Å². The Kier molecular flexibility index (Phi) is 4.77. The van der Waals surface area contributed by atoms with Crippen LogP contribution < -0.4 is 0 Å². The minimum Gasteiger partial charge on any atom is -0.480 e. The van der Waals surface area contributed by atoms with E-state index in [1.54, 1.807) is 4.90 Å². The van der Waals surface area contributed by atoms with Crippen LogP contribution in [0, 0.1) is 5.92 Å². The second-order valence-electron chi connectivity index (χ2n) is 4.47. The Bertz CT molecular complexity index is 261. The molecule has 0 bridgehead atoms. The third-order valence-electron chi connectivity index (χ3n) is 3.48. The van der Waals surface area contributed by atoms with E-state index in [4.69, 9.17) is 5.11 Å². The van der Waals surface area contributed by atoms with Crippen LogP contribution in [0.15, 0.2) is 0 Å². The van der Waals surface area contributed by atoms with Crippen molar-refractivity contribution >= 4 is 11.9 Å². The molecule has 0 spiro atoms. The first-order chi connectivity index (χ1) is 7.60. The molecule has 0 aromatic carbocycles. The number of aliphatic carboxylic acids is 1. The predicted octanol–water partition coefficient (Wildman–Crippen LogP) is 1.89. The highest BCUT2D eigenvalue weighted by atomic mass is 16.4. The fourth-order valence-electron chi connectivity index (χ4n) is 2.26. The summed E-state index contributed by atoms with van der Waals surface area (Å²) in [7, 11) is 0. The summed E-state index contributed by atoms with van der Waals surface area (Å²) in [6.07, 6.45) is 3.87. The van der Waals surface area contributed by atoms with Gasteiger partial charge in [0.2, 0.25) is 5.91 Å². The summed E-state index contributed by atoms with van der Waals surface area (Å²) in [5.41, 5.74) is 0. The number of carbonyl (C=O) groups is 2. The highest BCUT2D eigenvalue weighted by molar-refractivity contribution is 5.84. The number of hydrogen-bond acceptors (Lipinski definition) is 2. The maximum atomic E-state index is 12.0. The zero-order chi connectivity index (χ0) is 12.1. The average molecular weight is 227 g/mol. The van der Waals surface area contributed by atoms with Gasteiger partial charge in [0.15, 0.2) is 0 Å². The minimum absolute atomic E-state index is 0.0126. The minimum atomic E-state index is -0.865. The van der Waals surface area contributed by atoms with Crippen LogP contribution in [0.1, 0.15) is 46.0 Å². The molecule has 1 N–H and O–H groups in total. The fraction of sp³-hybridized carbons (Fsp3) is 0.833. The lowest BCUT2D eigenvalue weighted by Crippen LogP contribution is -2.41. The number of rotatable bonds is 5. The number of amides is 1. The SMILES string of the molecule is CCC(CC)CC(=O)N1CCC[C@@H]1C(=O)O. The third-order valence-corrected chi connectivity index (χ3v) is 3.48. The van der Waals surface area contributed by atoms with Crippen molar-refractivity contribution in [3.63, 3.8) is 0 Å². The van der Waals surface area contributed by atoms with Crippen molar-refractivity contribution in [2.75, 3.05) is 6.54 Å². The van der Waals surface area contributed by atoms with Crippen molar-refractivity contribution in [1.29, 1.82) is 0 Å². The van der Waals surface area contributed by atoms with E-state index in [-0.39, 0.29) is 5.91 Å². The first kappa shape index (κ1) is 13.0. The van der Waals surface area contributed by atoms with E-state index in [0.717, 1.165) is 19.3 Å². The summed E-state index contributed by atoms with van der Waals surface area (Å²) in [6, 6.07) is -0.582. The Morgan fingerprint density at radius 3 is 2.50 bits per heavy atom. The van der Waals surface area contributed by atoms with Gasteiger partial charge in [0.1, 0.15) is 6.04 Å². The number of hydrogen-bond donors (Lipinski definition) is 1. The molecule has 0 radical (unpaired) electrons. The molecule has 92 valence electrons. The van der Waals surface area contributed by atoms with E-state index >= 15 is 0 Å². The van der Waals surface area contributed by atoms with Crippen molar-refractivity contribution in [2.45, 2.75) is 52.0 Å². The largest absolute Gasteiger partial charge is 0.480 e. The Morgan fingerprint density at radius 1 is 1.38 bits per heavy atom. The van der Waals surface area contributed by atoms with Crippen LogP contribution in [0.3, 0.4) is 0 Å². The van der Waals surface area contributed by atoms with Crippen LogP contribution in [0.5, 0.6) is 0 Å². The normalized spacial score (nSPS) is 20.4. The molecular weight excluding hydrogens is 206 g/mol. The summed E-state index contributed by atoms with van der Waals surface area (Å²) >= 11 is 0. The molecule has 1 rings (SSSR count). The fourth-order valence-corrected chi connectivity index (χ4v) is 2.26. The Hall–Kier alpha value is -1.06. The molecule has 0 unspecified atom stereocenters. The van der Waals surface area contributed by atoms with Gasteiger partial charge in [-0.25, -0.2) is 4.79 Å². The van der Waals surface area contributed by atoms with Crippen molar-refractivity contribution in [3.8, 4) is 0 Å². The van der Waals surface area contributed by atoms with Gasteiger partial charge >= 0.3 is 5.97 Å². The van der Waals surface area contributed by atoms with Gasteiger partial charge in [0.05, 0.1) is 0 Å². The standard InChI is InChI=1S/C12H21NO3/c1-3-9(4-2)8-11(14)13-7-5-6-10(13)12(15)16/h9-10H,3-8H2,1-2H3,(H,15,16)/t10-/m1/s1. The van der Waals surface area contributed by atoms with Crippen LogP contribution in [0.25, 0.3) is 0 Å². The third kappa shape index (κ3) is 2.97. The van der Waals surface area contributed by atoms with Crippen molar-refractivity contribution < 1.29 is 14.7 Å².